The second-order valence-electron chi connectivity index (χ2n) is 7.29. The Labute approximate surface area is 182 Å². The van der Waals surface area contributed by atoms with E-state index in [2.05, 4.69) is 0 Å². The highest BCUT2D eigenvalue weighted by atomic mass is 35.5. The average molecular weight is 452 g/mol. The number of rotatable bonds is 5. The summed E-state index contributed by atoms with van der Waals surface area (Å²) in [6.07, 6.45) is 0.580. The topological polar surface area (TPSA) is 79.5 Å². The van der Waals surface area contributed by atoms with Gasteiger partial charge >= 0.3 is 5.97 Å². The first-order valence-electron chi connectivity index (χ1n) is 9.34. The number of nitrogens with zero attached hydrogens (tertiary/aromatic N) is 1. The third kappa shape index (κ3) is 3.66. The van der Waals surface area contributed by atoms with Crippen molar-refractivity contribution < 1.29 is 24.2 Å². The highest BCUT2D eigenvalue weighted by Gasteiger charge is 2.33. The van der Waals surface area contributed by atoms with Gasteiger partial charge in [0.05, 0.1) is 21.5 Å². The summed E-state index contributed by atoms with van der Waals surface area (Å²) < 4.78 is 15.5. The smallest absolute Gasteiger partial charge is 0.311 e. The van der Waals surface area contributed by atoms with Gasteiger partial charge in [-0.05, 0) is 42.7 Å². The Morgan fingerprint density at radius 2 is 1.83 bits per heavy atom. The van der Waals surface area contributed by atoms with Crippen LogP contribution in [0, 0.1) is 18.7 Å². The molecule has 158 valence electrons. The van der Waals surface area contributed by atoms with Crippen molar-refractivity contribution in [3.63, 3.8) is 0 Å². The maximum atomic E-state index is 14.2. The highest BCUT2D eigenvalue weighted by Crippen LogP contribution is 2.39. The van der Waals surface area contributed by atoms with Crippen LogP contribution in [0.5, 0.6) is 5.75 Å². The number of hydrogen-bond donors (Lipinski definition) is 2. The summed E-state index contributed by atoms with van der Waals surface area (Å²) in [6.45, 7) is 5.27. The fourth-order valence-corrected chi connectivity index (χ4v) is 4.05. The number of fused-ring (bicyclic) bond motifs is 1. The Hall–Kier alpha value is -2.57. The number of phenolic OH excluding ortho intramolecular Hbond substituents is 1. The number of carbonyl (C=O) groups excluding carboxylic acids is 1. The van der Waals surface area contributed by atoms with Crippen molar-refractivity contribution in [3.8, 4) is 5.75 Å². The molecule has 2 N–H and O–H groups in total. The molecule has 0 fully saturated rings. The maximum absolute atomic E-state index is 14.2. The number of benzene rings is 2. The van der Waals surface area contributed by atoms with Gasteiger partial charge in [0.2, 0.25) is 0 Å². The minimum atomic E-state index is -1.06. The van der Waals surface area contributed by atoms with Gasteiger partial charge in [0, 0.05) is 22.7 Å². The molecule has 8 heteroatoms. The zero-order chi connectivity index (χ0) is 22.3. The van der Waals surface area contributed by atoms with Gasteiger partial charge < -0.3 is 10.2 Å². The fourth-order valence-electron chi connectivity index (χ4n) is 3.75. The Balaban J connectivity index is 2.36. The second kappa shape index (κ2) is 8.28. The first kappa shape index (κ1) is 22.1. The van der Waals surface area contributed by atoms with Gasteiger partial charge in [-0.25, -0.2) is 4.39 Å². The molecular weight excluding hydrogens is 432 g/mol. The lowest BCUT2D eigenvalue weighted by Crippen LogP contribution is -2.21. The molecule has 30 heavy (non-hydrogen) atoms. The van der Waals surface area contributed by atoms with Crippen LogP contribution in [0.15, 0.2) is 30.3 Å². The number of phenols is 1. The molecular formula is C22H20Cl2FNO4. The molecule has 5 nitrogen and oxygen atoms in total. The number of carbonyl (C=O) groups is 2. The van der Waals surface area contributed by atoms with Crippen molar-refractivity contribution in [1.29, 1.82) is 0 Å². The molecule has 2 atom stereocenters. The van der Waals surface area contributed by atoms with Gasteiger partial charge in [-0.15, -0.1) is 0 Å². The standard InChI is InChI=1S/C22H20Cl2FNO4/c1-4-10(2)19(22(29)30)20-11(3)26(17-9-16(25)18(27)8-13(17)20)21(28)12-5-6-14(23)15(24)7-12/h5-10,19,27H,4H2,1-3H3,(H,29,30)/t10-,19?/m1/s1. The summed E-state index contributed by atoms with van der Waals surface area (Å²) >= 11 is 12.0. The minimum Gasteiger partial charge on any atom is -0.505 e. The third-order valence-corrected chi connectivity index (χ3v) is 6.22. The monoisotopic (exact) mass is 451 g/mol. The molecule has 0 saturated heterocycles. The van der Waals surface area contributed by atoms with E-state index in [0.29, 0.717) is 23.1 Å². The molecule has 0 aliphatic heterocycles. The zero-order valence-corrected chi connectivity index (χ0v) is 18.1. The molecule has 0 bridgehead atoms. The Morgan fingerprint density at radius 1 is 1.17 bits per heavy atom. The van der Waals surface area contributed by atoms with E-state index in [-0.39, 0.29) is 27.0 Å². The van der Waals surface area contributed by atoms with E-state index in [1.54, 1.807) is 13.8 Å². The first-order valence-corrected chi connectivity index (χ1v) is 10.1. The Kier molecular flexibility index (Phi) is 6.11. The van der Waals surface area contributed by atoms with E-state index in [0.717, 1.165) is 6.07 Å². The Bertz CT molecular complexity index is 1170. The zero-order valence-electron chi connectivity index (χ0n) is 16.5. The van der Waals surface area contributed by atoms with Crippen molar-refractivity contribution in [1.82, 2.24) is 4.57 Å². The van der Waals surface area contributed by atoms with Crippen molar-refractivity contribution in [2.24, 2.45) is 5.92 Å². The van der Waals surface area contributed by atoms with Crippen LogP contribution in [0.4, 0.5) is 4.39 Å². The van der Waals surface area contributed by atoms with Crippen LogP contribution in [-0.4, -0.2) is 26.7 Å². The lowest BCUT2D eigenvalue weighted by Gasteiger charge is -2.20. The van der Waals surface area contributed by atoms with E-state index < -0.39 is 29.4 Å². The largest absolute Gasteiger partial charge is 0.505 e. The summed E-state index contributed by atoms with van der Waals surface area (Å²) in [6, 6.07) is 6.57. The normalized spacial score (nSPS) is 13.4. The number of aromatic nitrogens is 1. The van der Waals surface area contributed by atoms with Crippen LogP contribution in [-0.2, 0) is 4.79 Å². The van der Waals surface area contributed by atoms with Gasteiger partial charge in [0.1, 0.15) is 0 Å². The summed E-state index contributed by atoms with van der Waals surface area (Å²) in [5.74, 6) is -4.29. The van der Waals surface area contributed by atoms with Crippen LogP contribution in [0.25, 0.3) is 10.9 Å². The maximum Gasteiger partial charge on any atom is 0.311 e. The summed E-state index contributed by atoms with van der Waals surface area (Å²) in [5, 5.41) is 20.6. The van der Waals surface area contributed by atoms with Gasteiger partial charge in [-0.1, -0.05) is 43.5 Å². The number of aliphatic carboxylic acids is 1. The molecule has 1 unspecified atom stereocenters. The molecule has 1 aromatic heterocycles. The van der Waals surface area contributed by atoms with E-state index in [1.165, 1.54) is 28.8 Å². The Morgan fingerprint density at radius 3 is 2.40 bits per heavy atom. The summed E-state index contributed by atoms with van der Waals surface area (Å²) in [5.41, 5.74) is 1.11. The predicted octanol–water partition coefficient (Wildman–Crippen LogP) is 6.00. The van der Waals surface area contributed by atoms with E-state index in [9.17, 15) is 24.2 Å². The van der Waals surface area contributed by atoms with E-state index >= 15 is 0 Å². The first-order chi connectivity index (χ1) is 14.1. The molecule has 0 amide bonds. The molecule has 3 aromatic rings. The highest BCUT2D eigenvalue weighted by molar-refractivity contribution is 6.42. The van der Waals surface area contributed by atoms with Gasteiger partial charge in [-0.2, -0.15) is 0 Å². The number of hydrogen-bond acceptors (Lipinski definition) is 3. The van der Waals surface area contributed by atoms with Gasteiger partial charge in [0.15, 0.2) is 11.6 Å². The molecule has 1 heterocycles. The number of halogens is 3. The lowest BCUT2D eigenvalue weighted by molar-refractivity contribution is -0.140. The molecule has 0 spiro atoms. The number of carboxylic acid groups (broad SMARTS) is 1. The molecule has 0 aliphatic carbocycles. The third-order valence-electron chi connectivity index (χ3n) is 5.48. The van der Waals surface area contributed by atoms with Crippen molar-refractivity contribution in [3.05, 3.63) is 63.0 Å². The van der Waals surface area contributed by atoms with Gasteiger partial charge in [-0.3, -0.25) is 14.2 Å². The van der Waals surface area contributed by atoms with E-state index in [4.69, 9.17) is 23.2 Å². The van der Waals surface area contributed by atoms with Crippen LogP contribution in [0.3, 0.4) is 0 Å². The molecule has 0 radical (unpaired) electrons. The van der Waals surface area contributed by atoms with Gasteiger partial charge in [0.25, 0.3) is 5.91 Å². The van der Waals surface area contributed by atoms with Crippen LogP contribution >= 0.6 is 23.2 Å². The molecule has 0 saturated carbocycles. The molecule has 0 aliphatic rings. The number of carboxylic acids is 1. The van der Waals surface area contributed by atoms with Crippen LogP contribution in [0.1, 0.15) is 47.8 Å². The molecule has 3 rings (SSSR count). The average Bonchev–Trinajstić information content (AvgIpc) is 2.95. The number of aromatic hydroxyl groups is 1. The van der Waals surface area contributed by atoms with Crippen LogP contribution < -0.4 is 0 Å². The second-order valence-corrected chi connectivity index (χ2v) is 8.11. The SMILES string of the molecule is CC[C@@H](C)C(C(=O)O)c1c(C)n(C(=O)c2ccc(Cl)c(Cl)c2)c2cc(F)c(O)cc12. The van der Waals surface area contributed by atoms with E-state index in [1.807, 2.05) is 6.92 Å². The summed E-state index contributed by atoms with van der Waals surface area (Å²) in [7, 11) is 0. The predicted molar refractivity (Wildman–Crippen MR) is 114 cm³/mol. The fraction of sp³-hybridized carbons (Fsp3) is 0.273. The quantitative estimate of drug-likeness (QED) is 0.498. The minimum absolute atomic E-state index is 0.170. The summed E-state index contributed by atoms with van der Waals surface area (Å²) in [4.78, 5) is 25.4. The van der Waals surface area contributed by atoms with Crippen molar-refractivity contribution in [2.75, 3.05) is 0 Å². The molecule has 2 aromatic carbocycles. The van der Waals surface area contributed by atoms with Crippen LogP contribution in [0.2, 0.25) is 10.0 Å². The lowest BCUT2D eigenvalue weighted by atomic mass is 9.84. The van der Waals surface area contributed by atoms with Crippen molar-refractivity contribution in [2.45, 2.75) is 33.1 Å². The van der Waals surface area contributed by atoms with Crippen molar-refractivity contribution >= 4 is 46.0 Å².